The van der Waals surface area contributed by atoms with Crippen LogP contribution in [0, 0.1) is 12.8 Å². The molecule has 0 saturated carbocycles. The van der Waals surface area contributed by atoms with Crippen molar-refractivity contribution in [2.45, 2.75) is 72.5 Å². The van der Waals surface area contributed by atoms with Crippen LogP contribution in [0.1, 0.15) is 63.5 Å². The topological polar surface area (TPSA) is 28.4 Å². The van der Waals surface area contributed by atoms with Gasteiger partial charge in [-0.25, -0.2) is 0 Å². The smallest absolute Gasteiger partial charge is 0.120 e. The third-order valence-corrected chi connectivity index (χ3v) is 4.53. The molecular formula is C18H32N2O. The number of hydrogen-bond acceptors (Lipinski definition) is 3. The van der Waals surface area contributed by atoms with E-state index in [9.17, 15) is 0 Å². The Bertz CT molecular complexity index is 417. The average Bonchev–Trinajstić information content (AvgIpc) is 2.79. The van der Waals surface area contributed by atoms with Gasteiger partial charge in [-0.2, -0.15) is 0 Å². The molecule has 2 heterocycles. The number of nitrogens with zero attached hydrogens (tertiary/aromatic N) is 1. The predicted molar refractivity (Wildman–Crippen MR) is 88.3 cm³/mol. The van der Waals surface area contributed by atoms with Crippen molar-refractivity contribution in [3.63, 3.8) is 0 Å². The first-order chi connectivity index (χ1) is 10.1. The summed E-state index contributed by atoms with van der Waals surface area (Å²) in [6.07, 6.45) is 5.44. The van der Waals surface area contributed by atoms with Crippen molar-refractivity contribution in [1.29, 1.82) is 0 Å². The summed E-state index contributed by atoms with van der Waals surface area (Å²) < 4.78 is 6.04. The summed E-state index contributed by atoms with van der Waals surface area (Å²) in [4.78, 5) is 2.55. The van der Waals surface area contributed by atoms with Gasteiger partial charge in [0.15, 0.2) is 0 Å². The van der Waals surface area contributed by atoms with E-state index in [1.54, 1.807) is 0 Å². The van der Waals surface area contributed by atoms with Crippen LogP contribution in [0.2, 0.25) is 0 Å². The number of likely N-dealkylation sites (tertiary alicyclic amines) is 1. The lowest BCUT2D eigenvalue weighted by Crippen LogP contribution is -2.33. The van der Waals surface area contributed by atoms with Gasteiger partial charge in [0.25, 0.3) is 0 Å². The molecule has 1 N–H and O–H groups in total. The molecule has 1 aliphatic heterocycles. The lowest BCUT2D eigenvalue weighted by molar-refractivity contribution is 0.160. The van der Waals surface area contributed by atoms with Gasteiger partial charge in [0.2, 0.25) is 0 Å². The highest BCUT2D eigenvalue weighted by atomic mass is 16.3. The summed E-state index contributed by atoms with van der Waals surface area (Å²) in [7, 11) is 0. The summed E-state index contributed by atoms with van der Waals surface area (Å²) in [5.74, 6) is 3.18. The molecule has 1 aliphatic rings. The summed E-state index contributed by atoms with van der Waals surface area (Å²) in [5.41, 5.74) is 1.28. The van der Waals surface area contributed by atoms with Gasteiger partial charge in [-0.1, -0.05) is 33.6 Å². The Morgan fingerprint density at radius 3 is 2.67 bits per heavy atom. The Labute approximate surface area is 130 Å². The summed E-state index contributed by atoms with van der Waals surface area (Å²) in [5, 5.41) is 3.43. The highest BCUT2D eigenvalue weighted by Crippen LogP contribution is 2.24. The lowest BCUT2D eigenvalue weighted by atomic mass is 9.92. The molecule has 120 valence electrons. The standard InChI is InChI=1S/C18H32N2O/c1-5-6-16-7-9-20(10-8-16)13-17-11-15(4)18(21-17)12-19-14(2)3/h11,14,16,19H,5-10,12-13H2,1-4H3. The van der Waals surface area contributed by atoms with Crippen molar-refractivity contribution in [2.24, 2.45) is 5.92 Å². The van der Waals surface area contributed by atoms with Gasteiger partial charge in [-0.3, -0.25) is 4.90 Å². The maximum Gasteiger partial charge on any atom is 0.120 e. The number of hydrogen-bond donors (Lipinski definition) is 1. The van der Waals surface area contributed by atoms with E-state index in [1.165, 1.54) is 44.3 Å². The second-order valence-electron chi connectivity index (χ2n) is 6.86. The van der Waals surface area contributed by atoms with Gasteiger partial charge < -0.3 is 9.73 Å². The SMILES string of the molecule is CCCC1CCN(Cc2cc(C)c(CNC(C)C)o2)CC1. The first-order valence-corrected chi connectivity index (χ1v) is 8.62. The van der Waals surface area contributed by atoms with Gasteiger partial charge in [0, 0.05) is 6.04 Å². The molecule has 0 bridgehead atoms. The molecule has 1 saturated heterocycles. The van der Waals surface area contributed by atoms with Crippen LogP contribution in [0.25, 0.3) is 0 Å². The second-order valence-corrected chi connectivity index (χ2v) is 6.86. The van der Waals surface area contributed by atoms with Crippen LogP contribution in [0.3, 0.4) is 0 Å². The van der Waals surface area contributed by atoms with Gasteiger partial charge in [-0.15, -0.1) is 0 Å². The van der Waals surface area contributed by atoms with Gasteiger partial charge in [-0.05, 0) is 50.4 Å². The predicted octanol–water partition coefficient (Wildman–Crippen LogP) is 4.10. The van der Waals surface area contributed by atoms with Crippen LogP contribution in [0.4, 0.5) is 0 Å². The van der Waals surface area contributed by atoms with Crippen molar-refractivity contribution in [2.75, 3.05) is 13.1 Å². The molecule has 0 unspecified atom stereocenters. The molecule has 1 fully saturated rings. The van der Waals surface area contributed by atoms with Gasteiger partial charge in [0.1, 0.15) is 11.5 Å². The lowest BCUT2D eigenvalue weighted by Gasteiger charge is -2.31. The van der Waals surface area contributed by atoms with Crippen molar-refractivity contribution in [1.82, 2.24) is 10.2 Å². The van der Waals surface area contributed by atoms with E-state index in [-0.39, 0.29) is 0 Å². The molecule has 3 nitrogen and oxygen atoms in total. The quantitative estimate of drug-likeness (QED) is 0.820. The van der Waals surface area contributed by atoms with E-state index in [4.69, 9.17) is 4.42 Å². The molecule has 0 spiro atoms. The monoisotopic (exact) mass is 292 g/mol. The molecule has 0 aliphatic carbocycles. The summed E-state index contributed by atoms with van der Waals surface area (Å²) in [6.45, 7) is 13.0. The Morgan fingerprint density at radius 2 is 2.05 bits per heavy atom. The largest absolute Gasteiger partial charge is 0.463 e. The summed E-state index contributed by atoms with van der Waals surface area (Å²) >= 11 is 0. The third-order valence-electron chi connectivity index (χ3n) is 4.53. The van der Waals surface area contributed by atoms with Crippen molar-refractivity contribution in [3.8, 4) is 0 Å². The molecular weight excluding hydrogens is 260 g/mol. The number of nitrogens with one attached hydrogen (secondary N) is 1. The number of aryl methyl sites for hydroxylation is 1. The first-order valence-electron chi connectivity index (χ1n) is 8.62. The number of rotatable bonds is 7. The van der Waals surface area contributed by atoms with E-state index in [2.05, 4.69) is 44.0 Å². The molecule has 2 rings (SSSR count). The molecule has 1 aromatic heterocycles. The zero-order chi connectivity index (χ0) is 15.2. The van der Waals surface area contributed by atoms with Crippen molar-refractivity contribution in [3.05, 3.63) is 23.2 Å². The minimum absolute atomic E-state index is 0.496. The zero-order valence-corrected chi connectivity index (χ0v) is 14.2. The fraction of sp³-hybridized carbons (Fsp3) is 0.778. The fourth-order valence-corrected chi connectivity index (χ4v) is 3.20. The molecule has 0 radical (unpaired) electrons. The van der Waals surface area contributed by atoms with Crippen LogP contribution in [0.5, 0.6) is 0 Å². The average molecular weight is 292 g/mol. The number of furan rings is 1. The molecule has 0 atom stereocenters. The highest BCUT2D eigenvalue weighted by molar-refractivity contribution is 5.20. The fourth-order valence-electron chi connectivity index (χ4n) is 3.20. The Balaban J connectivity index is 1.82. The van der Waals surface area contributed by atoms with E-state index in [0.717, 1.165) is 30.5 Å². The highest BCUT2D eigenvalue weighted by Gasteiger charge is 2.19. The van der Waals surface area contributed by atoms with Crippen LogP contribution < -0.4 is 5.32 Å². The van der Waals surface area contributed by atoms with Crippen LogP contribution in [-0.4, -0.2) is 24.0 Å². The number of piperidine rings is 1. The van der Waals surface area contributed by atoms with E-state index in [1.807, 2.05) is 0 Å². The Kier molecular flexibility index (Phi) is 6.31. The van der Waals surface area contributed by atoms with Crippen LogP contribution >= 0.6 is 0 Å². The first kappa shape index (κ1) is 16.6. The maximum atomic E-state index is 6.04. The minimum atomic E-state index is 0.496. The molecule has 0 amide bonds. The van der Waals surface area contributed by atoms with Crippen LogP contribution in [0.15, 0.2) is 10.5 Å². The maximum absolute atomic E-state index is 6.04. The minimum Gasteiger partial charge on any atom is -0.463 e. The molecule has 3 heteroatoms. The van der Waals surface area contributed by atoms with Gasteiger partial charge in [0.05, 0.1) is 13.1 Å². The summed E-state index contributed by atoms with van der Waals surface area (Å²) in [6, 6.07) is 2.71. The van der Waals surface area contributed by atoms with Crippen LogP contribution in [-0.2, 0) is 13.1 Å². The van der Waals surface area contributed by atoms with E-state index >= 15 is 0 Å². The zero-order valence-electron chi connectivity index (χ0n) is 14.2. The Morgan fingerprint density at radius 1 is 1.33 bits per heavy atom. The van der Waals surface area contributed by atoms with Crippen molar-refractivity contribution < 1.29 is 4.42 Å². The second kappa shape index (κ2) is 8.00. The van der Waals surface area contributed by atoms with Crippen molar-refractivity contribution >= 4 is 0 Å². The van der Waals surface area contributed by atoms with E-state index in [0.29, 0.717) is 6.04 Å². The van der Waals surface area contributed by atoms with E-state index < -0.39 is 0 Å². The normalized spacial score (nSPS) is 17.8. The van der Waals surface area contributed by atoms with Gasteiger partial charge >= 0.3 is 0 Å². The Hall–Kier alpha value is -0.800. The molecule has 0 aromatic carbocycles. The molecule has 1 aromatic rings. The molecule has 21 heavy (non-hydrogen) atoms. The third kappa shape index (κ3) is 5.15.